The molecule has 0 amide bonds. The molecule has 1 N–H and O–H groups in total. The van der Waals surface area contributed by atoms with E-state index in [1.54, 1.807) is 0 Å². The van der Waals surface area contributed by atoms with Crippen LogP contribution < -0.4 is 10.2 Å². The Kier molecular flexibility index (Phi) is 4.45. The van der Waals surface area contributed by atoms with Crippen molar-refractivity contribution in [2.24, 2.45) is 0 Å². The Balaban J connectivity index is 1.58. The molecule has 1 aliphatic rings. The van der Waals surface area contributed by atoms with Crippen molar-refractivity contribution in [3.63, 3.8) is 0 Å². The van der Waals surface area contributed by atoms with Crippen LogP contribution >= 0.6 is 22.6 Å². The molecule has 20 heavy (non-hydrogen) atoms. The summed E-state index contributed by atoms with van der Waals surface area (Å²) in [5.41, 5.74) is 2.62. The van der Waals surface area contributed by atoms with E-state index in [0.29, 0.717) is 6.04 Å². The molecule has 0 saturated carbocycles. The summed E-state index contributed by atoms with van der Waals surface area (Å²) in [6, 6.07) is 19.8. The molecule has 2 nitrogen and oxygen atoms in total. The Morgan fingerprint density at radius 3 is 2.25 bits per heavy atom. The smallest absolute Gasteiger partial charge is 0.0478 e. The number of halogens is 1. The van der Waals surface area contributed by atoms with Gasteiger partial charge in [0.05, 0.1) is 0 Å². The molecule has 0 radical (unpaired) electrons. The topological polar surface area (TPSA) is 15.3 Å². The van der Waals surface area contributed by atoms with E-state index in [1.165, 1.54) is 27.8 Å². The fraction of sp³-hybridized carbons (Fsp3) is 0.294. The van der Waals surface area contributed by atoms with Gasteiger partial charge < -0.3 is 10.2 Å². The van der Waals surface area contributed by atoms with E-state index in [4.69, 9.17) is 0 Å². The second-order valence-electron chi connectivity index (χ2n) is 5.22. The zero-order chi connectivity index (χ0) is 13.8. The highest BCUT2D eigenvalue weighted by molar-refractivity contribution is 14.1. The fourth-order valence-corrected chi connectivity index (χ4v) is 3.26. The van der Waals surface area contributed by atoms with E-state index in [9.17, 15) is 0 Å². The van der Waals surface area contributed by atoms with Crippen LogP contribution in [-0.4, -0.2) is 19.1 Å². The van der Waals surface area contributed by atoms with Crippen LogP contribution in [0.25, 0.3) is 0 Å². The van der Waals surface area contributed by atoms with Gasteiger partial charge in [-0.1, -0.05) is 30.3 Å². The molecule has 0 bridgehead atoms. The van der Waals surface area contributed by atoms with E-state index in [2.05, 4.69) is 87.4 Å². The van der Waals surface area contributed by atoms with Gasteiger partial charge in [-0.25, -0.2) is 0 Å². The molecule has 1 heterocycles. The second kappa shape index (κ2) is 6.48. The molecule has 3 heteroatoms. The number of hydrogen-bond acceptors (Lipinski definition) is 2. The number of piperidine rings is 1. The molecule has 1 saturated heterocycles. The molecule has 2 aromatic rings. The highest BCUT2D eigenvalue weighted by Gasteiger charge is 2.19. The predicted molar refractivity (Wildman–Crippen MR) is 94.5 cm³/mol. The maximum Gasteiger partial charge on any atom is 0.0478 e. The number of anilines is 2. The molecule has 0 aromatic heterocycles. The van der Waals surface area contributed by atoms with Crippen LogP contribution in [0.4, 0.5) is 11.4 Å². The average Bonchev–Trinajstić information content (AvgIpc) is 2.51. The van der Waals surface area contributed by atoms with Gasteiger partial charge in [-0.05, 0) is 59.7 Å². The molecule has 0 atom stereocenters. The summed E-state index contributed by atoms with van der Waals surface area (Å²) in [5.74, 6) is 0. The van der Waals surface area contributed by atoms with Gasteiger partial charge in [-0.3, -0.25) is 0 Å². The SMILES string of the molecule is Ic1ccccc1NC1CCN(c2ccccc2)CC1. The lowest BCUT2D eigenvalue weighted by molar-refractivity contribution is 0.526. The van der Waals surface area contributed by atoms with Crippen molar-refractivity contribution in [1.29, 1.82) is 0 Å². The highest BCUT2D eigenvalue weighted by Crippen LogP contribution is 2.24. The summed E-state index contributed by atoms with van der Waals surface area (Å²) in [4.78, 5) is 2.48. The van der Waals surface area contributed by atoms with Crippen molar-refractivity contribution in [1.82, 2.24) is 0 Å². The lowest BCUT2D eigenvalue weighted by atomic mass is 10.0. The van der Waals surface area contributed by atoms with Crippen molar-refractivity contribution >= 4 is 34.0 Å². The minimum atomic E-state index is 0.589. The summed E-state index contributed by atoms with van der Waals surface area (Å²) in [5, 5.41) is 3.69. The molecule has 0 aliphatic carbocycles. The largest absolute Gasteiger partial charge is 0.381 e. The molecule has 104 valence electrons. The third kappa shape index (κ3) is 3.26. The van der Waals surface area contributed by atoms with Gasteiger partial charge in [-0.2, -0.15) is 0 Å². The van der Waals surface area contributed by atoms with Gasteiger partial charge in [0, 0.05) is 34.1 Å². The van der Waals surface area contributed by atoms with Gasteiger partial charge >= 0.3 is 0 Å². The minimum Gasteiger partial charge on any atom is -0.381 e. The van der Waals surface area contributed by atoms with E-state index in [1.807, 2.05) is 0 Å². The van der Waals surface area contributed by atoms with Crippen molar-refractivity contribution in [3.8, 4) is 0 Å². The summed E-state index contributed by atoms with van der Waals surface area (Å²) in [6.07, 6.45) is 2.39. The first-order valence-corrected chi connectivity index (χ1v) is 8.22. The number of benzene rings is 2. The first-order chi connectivity index (χ1) is 9.83. The van der Waals surface area contributed by atoms with E-state index < -0.39 is 0 Å². The number of hydrogen-bond donors (Lipinski definition) is 1. The van der Waals surface area contributed by atoms with Gasteiger partial charge in [0.25, 0.3) is 0 Å². The second-order valence-corrected chi connectivity index (χ2v) is 6.38. The first-order valence-electron chi connectivity index (χ1n) is 7.14. The first kappa shape index (κ1) is 13.7. The van der Waals surface area contributed by atoms with Gasteiger partial charge in [-0.15, -0.1) is 0 Å². The van der Waals surface area contributed by atoms with E-state index in [-0.39, 0.29) is 0 Å². The Hall–Kier alpha value is -1.23. The maximum absolute atomic E-state index is 3.69. The Labute approximate surface area is 134 Å². The Morgan fingerprint density at radius 2 is 1.55 bits per heavy atom. The molecule has 0 unspecified atom stereocenters. The standard InChI is InChI=1S/C17H19IN2/c18-16-8-4-5-9-17(16)19-14-10-12-20(13-11-14)15-6-2-1-3-7-15/h1-9,14,19H,10-13H2. The predicted octanol–water partition coefficient (Wildman–Crippen LogP) is 4.37. The minimum absolute atomic E-state index is 0.589. The number of nitrogens with one attached hydrogen (secondary N) is 1. The normalized spacial score (nSPS) is 16.1. The monoisotopic (exact) mass is 378 g/mol. The van der Waals surface area contributed by atoms with Crippen molar-refractivity contribution in [2.75, 3.05) is 23.3 Å². The third-order valence-electron chi connectivity index (χ3n) is 3.85. The zero-order valence-electron chi connectivity index (χ0n) is 11.4. The van der Waals surface area contributed by atoms with E-state index in [0.717, 1.165) is 13.1 Å². The summed E-state index contributed by atoms with van der Waals surface area (Å²) < 4.78 is 1.30. The molecule has 0 spiro atoms. The summed E-state index contributed by atoms with van der Waals surface area (Å²) in [7, 11) is 0. The quantitative estimate of drug-likeness (QED) is 0.798. The van der Waals surface area contributed by atoms with Crippen LogP contribution in [0.5, 0.6) is 0 Å². The Morgan fingerprint density at radius 1 is 0.900 bits per heavy atom. The van der Waals surface area contributed by atoms with Gasteiger partial charge in [0.1, 0.15) is 0 Å². The molecular weight excluding hydrogens is 359 g/mol. The fourth-order valence-electron chi connectivity index (χ4n) is 2.72. The maximum atomic E-state index is 3.69. The van der Waals surface area contributed by atoms with Crippen LogP contribution in [0, 0.1) is 3.57 Å². The number of para-hydroxylation sites is 2. The molecule has 3 rings (SSSR count). The summed E-state index contributed by atoms with van der Waals surface area (Å²) in [6.45, 7) is 2.26. The van der Waals surface area contributed by atoms with Gasteiger partial charge in [0.2, 0.25) is 0 Å². The van der Waals surface area contributed by atoms with Crippen LogP contribution in [-0.2, 0) is 0 Å². The van der Waals surface area contributed by atoms with Crippen LogP contribution in [0.2, 0.25) is 0 Å². The Bertz CT molecular complexity index is 548. The number of rotatable bonds is 3. The lowest BCUT2D eigenvalue weighted by Gasteiger charge is -2.34. The molecule has 1 aliphatic heterocycles. The average molecular weight is 378 g/mol. The van der Waals surface area contributed by atoms with Crippen LogP contribution in [0.1, 0.15) is 12.8 Å². The molecule has 2 aromatic carbocycles. The number of nitrogens with zero attached hydrogens (tertiary/aromatic N) is 1. The molecule has 1 fully saturated rings. The van der Waals surface area contributed by atoms with Crippen molar-refractivity contribution in [2.45, 2.75) is 18.9 Å². The van der Waals surface area contributed by atoms with Crippen molar-refractivity contribution < 1.29 is 0 Å². The van der Waals surface area contributed by atoms with Crippen LogP contribution in [0.15, 0.2) is 54.6 Å². The third-order valence-corrected chi connectivity index (χ3v) is 4.79. The molecular formula is C17H19IN2. The highest BCUT2D eigenvalue weighted by atomic mass is 127. The van der Waals surface area contributed by atoms with Crippen LogP contribution in [0.3, 0.4) is 0 Å². The van der Waals surface area contributed by atoms with E-state index >= 15 is 0 Å². The van der Waals surface area contributed by atoms with Crippen molar-refractivity contribution in [3.05, 3.63) is 58.2 Å². The lowest BCUT2D eigenvalue weighted by Crippen LogP contribution is -2.39. The zero-order valence-corrected chi connectivity index (χ0v) is 13.6. The van der Waals surface area contributed by atoms with Gasteiger partial charge in [0.15, 0.2) is 0 Å². The summed E-state index contributed by atoms with van der Waals surface area (Å²) >= 11 is 2.40.